The summed E-state index contributed by atoms with van der Waals surface area (Å²) in [6.07, 6.45) is 0. The molecule has 10 N–H and O–H groups in total. The van der Waals surface area contributed by atoms with E-state index >= 15 is 0 Å². The molecule has 0 aromatic heterocycles. The van der Waals surface area contributed by atoms with Gasteiger partial charge in [-0.05, 0) is 0 Å². The summed E-state index contributed by atoms with van der Waals surface area (Å²) in [5.41, 5.74) is 10.4. The van der Waals surface area contributed by atoms with Crippen LogP contribution in [0.1, 0.15) is 0 Å². The van der Waals surface area contributed by atoms with Crippen LogP contribution in [0.25, 0.3) is 0 Å². The zero-order valence-electron chi connectivity index (χ0n) is 17.8. The van der Waals surface area contributed by atoms with Gasteiger partial charge >= 0.3 is 35.8 Å². The van der Waals surface area contributed by atoms with E-state index in [1.54, 1.807) is 0 Å². The van der Waals surface area contributed by atoms with Crippen LogP contribution in [0, 0.1) is 0 Å². The molecule has 0 aromatic carbocycles. The number of hydrogen-bond donors (Lipinski definition) is 8. The molecule has 0 saturated carbocycles. The number of nitrogens with zero attached hydrogens (tertiary/aromatic N) is 2. The van der Waals surface area contributed by atoms with E-state index in [0.29, 0.717) is 0 Å². The van der Waals surface area contributed by atoms with Crippen LogP contribution >= 0.6 is 21.6 Å². The van der Waals surface area contributed by atoms with Crippen LogP contribution in [0.2, 0.25) is 0 Å². The summed E-state index contributed by atoms with van der Waals surface area (Å²) >= 11 is 0. The first-order valence-corrected chi connectivity index (χ1v) is 11.7. The third-order valence-corrected chi connectivity index (χ3v) is 5.85. The summed E-state index contributed by atoms with van der Waals surface area (Å²) in [6, 6.07) is -1.85. The van der Waals surface area contributed by atoms with E-state index in [1.165, 1.54) is 21.6 Å². The molecule has 1 unspecified atom stereocenters. The number of hydrogen-bond acceptors (Lipinski definition) is 12. The Bertz CT molecular complexity index is 621. The molecular formula is C16H28N4O12S2. The SMILES string of the molecule is NC(CSSC[C@H](N)C(=O)O)C(=O)O.O=C(O)CN(CCN(CC(=O)O)CC(=O)O)CC(=O)O. The summed E-state index contributed by atoms with van der Waals surface area (Å²) in [6.45, 7) is -2.25. The lowest BCUT2D eigenvalue weighted by Gasteiger charge is -2.23. The molecule has 0 spiro atoms. The molecule has 0 heterocycles. The van der Waals surface area contributed by atoms with Crippen molar-refractivity contribution in [2.75, 3.05) is 50.8 Å². The molecule has 18 heteroatoms. The predicted molar refractivity (Wildman–Crippen MR) is 120 cm³/mol. The first-order chi connectivity index (χ1) is 15.6. The second-order valence-electron chi connectivity index (χ2n) is 6.45. The second kappa shape index (κ2) is 18.7. The van der Waals surface area contributed by atoms with Gasteiger partial charge in [-0.1, -0.05) is 21.6 Å². The van der Waals surface area contributed by atoms with Crippen molar-refractivity contribution >= 4 is 57.4 Å². The lowest BCUT2D eigenvalue weighted by atomic mass is 10.4. The molecule has 16 nitrogen and oxygen atoms in total. The van der Waals surface area contributed by atoms with Gasteiger partial charge in [0.15, 0.2) is 0 Å². The Hall–Kier alpha value is -2.64. The van der Waals surface area contributed by atoms with Crippen LogP contribution in [0.5, 0.6) is 0 Å². The fourth-order valence-electron chi connectivity index (χ4n) is 1.86. The van der Waals surface area contributed by atoms with E-state index in [0.717, 1.165) is 9.80 Å². The van der Waals surface area contributed by atoms with Crippen molar-refractivity contribution in [2.45, 2.75) is 12.1 Å². The Labute approximate surface area is 201 Å². The number of carboxylic acid groups (broad SMARTS) is 6. The molecule has 0 aliphatic carbocycles. The van der Waals surface area contributed by atoms with Crippen LogP contribution in [-0.2, 0) is 28.8 Å². The van der Waals surface area contributed by atoms with Gasteiger partial charge in [0.2, 0.25) is 0 Å². The van der Waals surface area contributed by atoms with E-state index in [2.05, 4.69) is 0 Å². The van der Waals surface area contributed by atoms with E-state index in [1.807, 2.05) is 0 Å². The maximum Gasteiger partial charge on any atom is 0.321 e. The number of rotatable bonds is 18. The highest BCUT2D eigenvalue weighted by Gasteiger charge is 2.18. The zero-order valence-corrected chi connectivity index (χ0v) is 19.4. The summed E-state index contributed by atoms with van der Waals surface area (Å²) in [5, 5.41) is 51.3. The Morgan fingerprint density at radius 2 is 0.794 bits per heavy atom. The van der Waals surface area contributed by atoms with Gasteiger partial charge in [0.1, 0.15) is 12.1 Å². The Balaban J connectivity index is 0. The molecule has 2 atom stereocenters. The van der Waals surface area contributed by atoms with Crippen LogP contribution in [0.3, 0.4) is 0 Å². The average molecular weight is 533 g/mol. The van der Waals surface area contributed by atoms with Gasteiger partial charge in [-0.3, -0.25) is 38.6 Å². The molecule has 0 amide bonds. The monoisotopic (exact) mass is 532 g/mol. The first kappa shape index (κ1) is 33.5. The van der Waals surface area contributed by atoms with E-state index in [4.69, 9.17) is 42.1 Å². The minimum Gasteiger partial charge on any atom is -0.480 e. The molecule has 0 bridgehead atoms. The highest BCUT2D eigenvalue weighted by Crippen LogP contribution is 2.22. The maximum atomic E-state index is 10.6. The lowest BCUT2D eigenvalue weighted by molar-refractivity contribution is -0.145. The zero-order chi connectivity index (χ0) is 26.8. The molecule has 34 heavy (non-hydrogen) atoms. The van der Waals surface area contributed by atoms with Crippen molar-refractivity contribution in [1.82, 2.24) is 9.80 Å². The third kappa shape index (κ3) is 21.2. The van der Waals surface area contributed by atoms with Gasteiger partial charge in [0.05, 0.1) is 26.2 Å². The molecule has 0 aromatic rings. The first-order valence-electron chi connectivity index (χ1n) is 9.18. The van der Waals surface area contributed by atoms with Crippen LogP contribution in [0.15, 0.2) is 0 Å². The van der Waals surface area contributed by atoms with Crippen LogP contribution < -0.4 is 11.5 Å². The molecule has 0 rings (SSSR count). The molecule has 196 valence electrons. The Kier molecular flexibility index (Phi) is 18.5. The smallest absolute Gasteiger partial charge is 0.321 e. The average Bonchev–Trinajstić information content (AvgIpc) is 2.67. The topological polar surface area (TPSA) is 282 Å². The van der Waals surface area contributed by atoms with Gasteiger partial charge in [0.25, 0.3) is 0 Å². The van der Waals surface area contributed by atoms with Crippen LogP contribution in [-0.4, -0.2) is 139 Å². The minimum absolute atomic E-state index is 0.0703. The Morgan fingerprint density at radius 1 is 0.559 bits per heavy atom. The molecule has 0 saturated heterocycles. The summed E-state index contributed by atoms with van der Waals surface area (Å²) in [5.74, 6) is -6.59. The summed E-state index contributed by atoms with van der Waals surface area (Å²) in [4.78, 5) is 64.9. The van der Waals surface area contributed by atoms with Crippen molar-refractivity contribution < 1.29 is 59.4 Å². The van der Waals surface area contributed by atoms with Crippen molar-refractivity contribution in [2.24, 2.45) is 11.5 Å². The van der Waals surface area contributed by atoms with Crippen molar-refractivity contribution in [3.63, 3.8) is 0 Å². The molecule has 0 aliphatic rings. The number of aliphatic carboxylic acids is 6. The standard InChI is InChI=1S/C10H16N2O8.C6H12N2O4S2/c13-7(14)3-11(4-8(15)16)1-2-12(5-9(17)18)6-10(19)20;7-3(5(9)10)1-13-14-2-4(8)6(11)12/h1-6H2,(H,13,14)(H,15,16)(H,17,18)(H,19,20);3-4H,1-2,7-8H2,(H,9,10)(H,11,12)/t;3-,4?/m.0/s1. The molecule has 0 fully saturated rings. The molecular weight excluding hydrogens is 504 g/mol. The largest absolute Gasteiger partial charge is 0.480 e. The van der Waals surface area contributed by atoms with Crippen molar-refractivity contribution in [3.8, 4) is 0 Å². The van der Waals surface area contributed by atoms with Crippen LogP contribution in [0.4, 0.5) is 0 Å². The minimum atomic E-state index is -1.23. The van der Waals surface area contributed by atoms with E-state index in [-0.39, 0.29) is 24.6 Å². The predicted octanol–water partition coefficient (Wildman–Crippen LogP) is -2.88. The lowest BCUT2D eigenvalue weighted by Crippen LogP contribution is -2.43. The summed E-state index contributed by atoms with van der Waals surface area (Å²) in [7, 11) is 2.41. The van der Waals surface area contributed by atoms with Gasteiger partial charge in [0, 0.05) is 24.6 Å². The molecule has 0 radical (unpaired) electrons. The normalized spacial score (nSPS) is 12.4. The summed E-state index contributed by atoms with van der Waals surface area (Å²) < 4.78 is 0. The Morgan fingerprint density at radius 3 is 0.971 bits per heavy atom. The number of carbonyl (C=O) groups is 6. The number of carboxylic acids is 6. The fraction of sp³-hybridized carbons (Fsp3) is 0.625. The molecule has 0 aliphatic heterocycles. The van der Waals surface area contributed by atoms with Crippen molar-refractivity contribution in [3.05, 3.63) is 0 Å². The highest BCUT2D eigenvalue weighted by molar-refractivity contribution is 8.76. The quantitative estimate of drug-likeness (QED) is 0.0649. The highest BCUT2D eigenvalue weighted by atomic mass is 33.1. The van der Waals surface area contributed by atoms with E-state index in [9.17, 15) is 28.8 Å². The van der Waals surface area contributed by atoms with Gasteiger partial charge < -0.3 is 42.1 Å². The maximum absolute atomic E-state index is 10.6. The third-order valence-electron chi connectivity index (χ3n) is 3.38. The van der Waals surface area contributed by atoms with Gasteiger partial charge in [-0.15, -0.1) is 0 Å². The van der Waals surface area contributed by atoms with Gasteiger partial charge in [-0.25, -0.2) is 0 Å². The second-order valence-corrected chi connectivity index (χ2v) is 9.01. The van der Waals surface area contributed by atoms with Crippen molar-refractivity contribution in [1.29, 1.82) is 0 Å². The fourth-order valence-corrected chi connectivity index (χ4v) is 4.09. The van der Waals surface area contributed by atoms with E-state index < -0.39 is 74.1 Å². The van der Waals surface area contributed by atoms with Gasteiger partial charge in [-0.2, -0.15) is 0 Å². The number of nitrogens with two attached hydrogens (primary N) is 2.